The van der Waals surface area contributed by atoms with Gasteiger partial charge in [-0.25, -0.2) is 0 Å². The Morgan fingerprint density at radius 2 is 2.12 bits per heavy atom. The maximum absolute atomic E-state index is 11.2. The number of aliphatic hydroxyl groups excluding tert-OH is 1. The van der Waals surface area contributed by atoms with Gasteiger partial charge in [0.1, 0.15) is 6.10 Å². The molecule has 0 aromatic heterocycles. The highest BCUT2D eigenvalue weighted by Crippen LogP contribution is 2.66. The predicted molar refractivity (Wildman–Crippen MR) is 91.7 cm³/mol. The van der Waals surface area contributed by atoms with Crippen molar-refractivity contribution in [2.75, 3.05) is 20.7 Å². The summed E-state index contributed by atoms with van der Waals surface area (Å²) in [6.45, 7) is 5.46. The minimum Gasteiger partial charge on any atom is -0.493 e. The summed E-state index contributed by atoms with van der Waals surface area (Å²) < 4.78 is 12.1. The minimum absolute atomic E-state index is 0.0381. The van der Waals surface area contributed by atoms with Crippen LogP contribution in [0.5, 0.6) is 11.5 Å². The first kappa shape index (κ1) is 15.0. The summed E-state index contributed by atoms with van der Waals surface area (Å²) in [7, 11) is 3.97. The molecule has 1 aromatic carbocycles. The highest BCUT2D eigenvalue weighted by atomic mass is 16.5. The van der Waals surface area contributed by atoms with Gasteiger partial charge >= 0.3 is 0 Å². The van der Waals surface area contributed by atoms with Crippen molar-refractivity contribution < 1.29 is 14.6 Å². The first-order valence-corrected chi connectivity index (χ1v) is 9.15. The Labute approximate surface area is 143 Å². The van der Waals surface area contributed by atoms with Crippen molar-refractivity contribution in [3.05, 3.63) is 23.3 Å². The summed E-state index contributed by atoms with van der Waals surface area (Å²) in [6, 6.07) is 4.80. The second-order valence-corrected chi connectivity index (χ2v) is 8.96. The van der Waals surface area contributed by atoms with E-state index in [-0.39, 0.29) is 16.9 Å². The third-order valence-corrected chi connectivity index (χ3v) is 7.48. The lowest BCUT2D eigenvalue weighted by molar-refractivity contribution is -0.153. The smallest absolute Gasteiger partial charge is 0.165 e. The lowest BCUT2D eigenvalue weighted by Crippen LogP contribution is -2.69. The van der Waals surface area contributed by atoms with Crippen LogP contribution in [0.3, 0.4) is 0 Å². The average molecular weight is 329 g/mol. The van der Waals surface area contributed by atoms with Crippen molar-refractivity contribution in [2.24, 2.45) is 11.3 Å². The first-order valence-electron chi connectivity index (χ1n) is 9.15. The van der Waals surface area contributed by atoms with Crippen molar-refractivity contribution in [1.82, 2.24) is 4.90 Å². The van der Waals surface area contributed by atoms with Crippen LogP contribution in [0.25, 0.3) is 0 Å². The Bertz CT molecular complexity index is 715. The van der Waals surface area contributed by atoms with E-state index >= 15 is 0 Å². The molecule has 4 aliphatic rings. The molecule has 2 bridgehead atoms. The van der Waals surface area contributed by atoms with Crippen LogP contribution in [0, 0.1) is 11.3 Å². The summed E-state index contributed by atoms with van der Waals surface area (Å²) >= 11 is 0. The van der Waals surface area contributed by atoms with Crippen LogP contribution in [0.4, 0.5) is 0 Å². The van der Waals surface area contributed by atoms with Crippen molar-refractivity contribution in [1.29, 1.82) is 0 Å². The molecule has 5 rings (SSSR count). The van der Waals surface area contributed by atoms with Crippen LogP contribution in [0.2, 0.25) is 0 Å². The number of nitrogens with zero attached hydrogens (tertiary/aromatic N) is 1. The quantitative estimate of drug-likeness (QED) is 0.859. The molecule has 2 fully saturated rings. The summed E-state index contributed by atoms with van der Waals surface area (Å²) in [4.78, 5) is 2.53. The number of likely N-dealkylation sites (N-methyl/N-ethyl adjacent to an activating group) is 1. The predicted octanol–water partition coefficient (Wildman–Crippen LogP) is 2.36. The normalized spacial score (nSPS) is 41.5. The average Bonchev–Trinajstić information content (AvgIpc) is 2.89. The topological polar surface area (TPSA) is 41.9 Å². The van der Waals surface area contributed by atoms with E-state index in [1.54, 1.807) is 7.11 Å². The van der Waals surface area contributed by atoms with Gasteiger partial charge in [0.25, 0.3) is 0 Å². The zero-order valence-corrected chi connectivity index (χ0v) is 15.0. The molecule has 1 spiro atoms. The van der Waals surface area contributed by atoms with Gasteiger partial charge in [-0.1, -0.05) is 19.9 Å². The molecule has 2 aliphatic heterocycles. The highest BCUT2D eigenvalue weighted by Gasteiger charge is 2.68. The Hall–Kier alpha value is -1.26. The summed E-state index contributed by atoms with van der Waals surface area (Å²) in [6.07, 6.45) is 2.61. The number of ether oxygens (including phenoxy) is 2. The molecular formula is C20H27NO3. The minimum atomic E-state index is -0.444. The molecule has 1 unspecified atom stereocenters. The monoisotopic (exact) mass is 329 g/mol. The number of benzene rings is 1. The zero-order chi connectivity index (χ0) is 16.9. The number of likely N-dealkylation sites (tertiary alicyclic amines) is 1. The number of piperidine rings is 1. The van der Waals surface area contributed by atoms with Gasteiger partial charge in [0, 0.05) is 17.0 Å². The first-order chi connectivity index (χ1) is 11.4. The van der Waals surface area contributed by atoms with Crippen LogP contribution in [-0.4, -0.2) is 49.0 Å². The van der Waals surface area contributed by atoms with E-state index in [1.807, 2.05) is 6.07 Å². The van der Waals surface area contributed by atoms with Gasteiger partial charge in [-0.15, -0.1) is 0 Å². The number of methoxy groups -OCH3 is 1. The SMILES string of the molecule is COc1ccc2c3c1O[C@H]1[C@@H](O)C(C)(C)CC4[C@@H](C2)N(C)CC[C@@]341. The third kappa shape index (κ3) is 1.53. The molecule has 1 saturated heterocycles. The lowest BCUT2D eigenvalue weighted by atomic mass is 9.47. The van der Waals surface area contributed by atoms with Gasteiger partial charge in [0.2, 0.25) is 0 Å². The second-order valence-electron chi connectivity index (χ2n) is 8.96. The molecule has 4 heteroatoms. The standard InChI is InChI=1S/C20H27NO3/c1-19(2)10-12-13-9-11-5-6-14(23-4)16-15(11)20(12,7-8-21(13)3)18(24-16)17(19)22/h5-6,12-13,17-18,22H,7-10H2,1-4H3/t12?,13-,17-,18+,20+/m1/s1. The summed E-state index contributed by atoms with van der Waals surface area (Å²) in [5.41, 5.74) is 2.59. The van der Waals surface area contributed by atoms with Crippen LogP contribution in [-0.2, 0) is 11.8 Å². The molecule has 2 heterocycles. The van der Waals surface area contributed by atoms with E-state index in [9.17, 15) is 5.11 Å². The van der Waals surface area contributed by atoms with E-state index < -0.39 is 6.10 Å². The zero-order valence-electron chi connectivity index (χ0n) is 15.0. The van der Waals surface area contributed by atoms with E-state index in [4.69, 9.17) is 9.47 Å². The van der Waals surface area contributed by atoms with E-state index in [0.717, 1.165) is 37.3 Å². The maximum Gasteiger partial charge on any atom is 0.165 e. The Morgan fingerprint density at radius 1 is 1.33 bits per heavy atom. The summed E-state index contributed by atoms with van der Waals surface area (Å²) in [5.74, 6) is 2.27. The number of rotatable bonds is 1. The van der Waals surface area contributed by atoms with Crippen molar-refractivity contribution >= 4 is 0 Å². The van der Waals surface area contributed by atoms with Gasteiger partial charge in [0.05, 0.1) is 13.2 Å². The van der Waals surface area contributed by atoms with Crippen molar-refractivity contribution in [3.8, 4) is 11.5 Å². The van der Waals surface area contributed by atoms with Gasteiger partial charge in [-0.3, -0.25) is 0 Å². The molecule has 1 N–H and O–H groups in total. The molecule has 130 valence electrons. The molecule has 0 amide bonds. The second kappa shape index (κ2) is 4.47. The van der Waals surface area contributed by atoms with E-state index in [0.29, 0.717) is 12.0 Å². The maximum atomic E-state index is 11.2. The van der Waals surface area contributed by atoms with E-state index in [2.05, 4.69) is 31.9 Å². The Morgan fingerprint density at radius 3 is 2.88 bits per heavy atom. The van der Waals surface area contributed by atoms with Gasteiger partial charge < -0.3 is 19.5 Å². The number of hydrogen-bond acceptors (Lipinski definition) is 4. The van der Waals surface area contributed by atoms with E-state index in [1.165, 1.54) is 11.1 Å². The van der Waals surface area contributed by atoms with Crippen LogP contribution in [0.1, 0.15) is 37.8 Å². The molecule has 5 atom stereocenters. The van der Waals surface area contributed by atoms with Gasteiger partial charge in [0.15, 0.2) is 11.5 Å². The fourth-order valence-electron chi connectivity index (χ4n) is 6.25. The lowest BCUT2D eigenvalue weighted by Gasteiger charge is -2.61. The molecule has 24 heavy (non-hydrogen) atoms. The number of aliphatic hydroxyl groups is 1. The molecule has 0 radical (unpaired) electrons. The molecular weight excluding hydrogens is 302 g/mol. The van der Waals surface area contributed by atoms with Crippen molar-refractivity contribution in [2.45, 2.75) is 56.8 Å². The van der Waals surface area contributed by atoms with Crippen LogP contribution < -0.4 is 9.47 Å². The molecule has 2 aliphatic carbocycles. The molecule has 1 saturated carbocycles. The Balaban J connectivity index is 1.79. The fraction of sp³-hybridized carbons (Fsp3) is 0.700. The van der Waals surface area contributed by atoms with Crippen LogP contribution >= 0.6 is 0 Å². The van der Waals surface area contributed by atoms with Gasteiger partial charge in [-0.2, -0.15) is 0 Å². The molecule has 1 aromatic rings. The summed E-state index contributed by atoms with van der Waals surface area (Å²) in [5, 5.41) is 11.2. The largest absolute Gasteiger partial charge is 0.493 e. The third-order valence-electron chi connectivity index (χ3n) is 7.48. The van der Waals surface area contributed by atoms with Crippen molar-refractivity contribution in [3.63, 3.8) is 0 Å². The van der Waals surface area contributed by atoms with Gasteiger partial charge in [-0.05, 0) is 55.8 Å². The molecule has 4 nitrogen and oxygen atoms in total. The fourth-order valence-corrected chi connectivity index (χ4v) is 6.25. The van der Waals surface area contributed by atoms with Crippen LogP contribution in [0.15, 0.2) is 12.1 Å². The number of hydrogen-bond donors (Lipinski definition) is 1. The Kier molecular flexibility index (Phi) is 2.80. The highest BCUT2D eigenvalue weighted by molar-refractivity contribution is 5.61.